The van der Waals surface area contributed by atoms with Gasteiger partial charge in [0.1, 0.15) is 0 Å². The summed E-state index contributed by atoms with van der Waals surface area (Å²) in [5.74, 6) is 0.346. The fraction of sp³-hybridized carbons (Fsp3) is 0.125. The normalized spacial score (nSPS) is 10.7. The molecule has 0 aliphatic rings. The molecular weight excluding hydrogens is 282 g/mol. The first kappa shape index (κ1) is 13.7. The van der Waals surface area contributed by atoms with Crippen molar-refractivity contribution in [3.05, 3.63) is 54.6 Å². The van der Waals surface area contributed by atoms with Gasteiger partial charge in [0, 0.05) is 12.7 Å². The molecule has 0 saturated carbocycles. The smallest absolute Gasteiger partial charge is 0.230 e. The van der Waals surface area contributed by atoms with Gasteiger partial charge in [-0.15, -0.1) is 0 Å². The predicted molar refractivity (Wildman–Crippen MR) is 85.9 cm³/mol. The molecule has 0 radical (unpaired) electrons. The number of rotatable bonds is 4. The number of hydrogen-bond acceptors (Lipinski definition) is 3. The van der Waals surface area contributed by atoms with E-state index in [9.17, 15) is 4.79 Å². The maximum Gasteiger partial charge on any atom is 0.230 e. The summed E-state index contributed by atoms with van der Waals surface area (Å²) in [6, 6.07) is 18.1. The maximum atomic E-state index is 11.5. The Balaban J connectivity index is 2.08. The SMILES string of the molecule is CNC(=O)CSc1nc2ccccc2n1-c1ccccc1. The molecule has 3 aromatic rings. The summed E-state index contributed by atoms with van der Waals surface area (Å²) in [6.07, 6.45) is 0. The standard InChI is InChI=1S/C16H15N3OS/c1-17-15(20)11-21-16-18-13-9-5-6-10-14(13)19(16)12-7-3-2-4-8-12/h2-10H,11H2,1H3,(H,17,20). The minimum atomic E-state index is -0.00771. The highest BCUT2D eigenvalue weighted by Crippen LogP contribution is 2.27. The van der Waals surface area contributed by atoms with Gasteiger partial charge >= 0.3 is 0 Å². The van der Waals surface area contributed by atoms with Gasteiger partial charge in [0.2, 0.25) is 5.91 Å². The summed E-state index contributed by atoms with van der Waals surface area (Å²) >= 11 is 1.44. The van der Waals surface area contributed by atoms with Crippen LogP contribution < -0.4 is 5.32 Å². The van der Waals surface area contributed by atoms with Gasteiger partial charge in [0.05, 0.1) is 16.8 Å². The number of imidazole rings is 1. The van der Waals surface area contributed by atoms with Crippen molar-refractivity contribution >= 4 is 28.7 Å². The molecular formula is C16H15N3OS. The van der Waals surface area contributed by atoms with Crippen molar-refractivity contribution in [2.75, 3.05) is 12.8 Å². The van der Waals surface area contributed by atoms with Crippen LogP contribution in [0.1, 0.15) is 0 Å². The summed E-state index contributed by atoms with van der Waals surface area (Å²) in [6.45, 7) is 0. The molecule has 0 bridgehead atoms. The lowest BCUT2D eigenvalue weighted by Crippen LogP contribution is -2.20. The number of para-hydroxylation sites is 3. The van der Waals surface area contributed by atoms with Gasteiger partial charge < -0.3 is 5.32 Å². The number of fused-ring (bicyclic) bond motifs is 1. The minimum Gasteiger partial charge on any atom is -0.358 e. The van der Waals surface area contributed by atoms with E-state index in [1.807, 2.05) is 54.6 Å². The van der Waals surface area contributed by atoms with Crippen LogP contribution in [-0.2, 0) is 4.79 Å². The summed E-state index contributed by atoms with van der Waals surface area (Å²) in [5, 5.41) is 3.46. The molecule has 1 amide bonds. The van der Waals surface area contributed by atoms with Crippen molar-refractivity contribution < 1.29 is 4.79 Å². The lowest BCUT2D eigenvalue weighted by molar-refractivity contribution is -0.118. The van der Waals surface area contributed by atoms with Crippen LogP contribution >= 0.6 is 11.8 Å². The summed E-state index contributed by atoms with van der Waals surface area (Å²) in [5.41, 5.74) is 3.02. The number of aromatic nitrogens is 2. The molecule has 106 valence electrons. The second-order valence-electron chi connectivity index (χ2n) is 4.52. The Morgan fingerprint density at radius 3 is 2.62 bits per heavy atom. The zero-order valence-corrected chi connectivity index (χ0v) is 12.4. The Bertz CT molecular complexity index is 768. The van der Waals surface area contributed by atoms with Gasteiger partial charge in [-0.1, -0.05) is 42.1 Å². The van der Waals surface area contributed by atoms with Gasteiger partial charge in [-0.2, -0.15) is 0 Å². The van der Waals surface area contributed by atoms with Crippen molar-refractivity contribution in [1.82, 2.24) is 14.9 Å². The number of thioether (sulfide) groups is 1. The number of amides is 1. The number of carbonyl (C=O) groups excluding carboxylic acids is 1. The fourth-order valence-electron chi connectivity index (χ4n) is 2.13. The van der Waals surface area contributed by atoms with E-state index in [0.29, 0.717) is 5.75 Å². The van der Waals surface area contributed by atoms with Crippen LogP contribution in [0.15, 0.2) is 59.8 Å². The number of nitrogens with one attached hydrogen (secondary N) is 1. The molecule has 4 nitrogen and oxygen atoms in total. The molecule has 1 N–H and O–H groups in total. The van der Waals surface area contributed by atoms with Gasteiger partial charge in [-0.25, -0.2) is 4.98 Å². The van der Waals surface area contributed by atoms with Crippen LogP contribution in [0.4, 0.5) is 0 Å². The molecule has 0 fully saturated rings. The molecule has 0 atom stereocenters. The summed E-state index contributed by atoms with van der Waals surface area (Å²) < 4.78 is 2.09. The number of carbonyl (C=O) groups is 1. The molecule has 3 rings (SSSR count). The number of benzene rings is 2. The van der Waals surface area contributed by atoms with E-state index in [2.05, 4.69) is 14.9 Å². The highest BCUT2D eigenvalue weighted by atomic mass is 32.2. The van der Waals surface area contributed by atoms with Crippen LogP contribution in [0, 0.1) is 0 Å². The van der Waals surface area contributed by atoms with Crippen molar-refractivity contribution in [2.45, 2.75) is 5.16 Å². The zero-order chi connectivity index (χ0) is 14.7. The van der Waals surface area contributed by atoms with E-state index in [-0.39, 0.29) is 5.91 Å². The molecule has 0 aliphatic heterocycles. The molecule has 0 saturated heterocycles. The third-order valence-electron chi connectivity index (χ3n) is 3.16. The Kier molecular flexibility index (Phi) is 3.92. The Labute approximate surface area is 127 Å². The molecule has 5 heteroatoms. The van der Waals surface area contributed by atoms with Crippen LogP contribution in [0.3, 0.4) is 0 Å². The lowest BCUT2D eigenvalue weighted by atomic mass is 10.3. The zero-order valence-electron chi connectivity index (χ0n) is 11.6. The molecule has 1 aromatic heterocycles. The van der Waals surface area contributed by atoms with Crippen molar-refractivity contribution in [1.29, 1.82) is 0 Å². The van der Waals surface area contributed by atoms with Gasteiger partial charge in [0.15, 0.2) is 5.16 Å². The van der Waals surface area contributed by atoms with E-state index in [4.69, 9.17) is 0 Å². The Hall–Kier alpha value is -2.27. The quantitative estimate of drug-likeness (QED) is 0.753. The molecule has 21 heavy (non-hydrogen) atoms. The summed E-state index contributed by atoms with van der Waals surface area (Å²) in [7, 11) is 1.64. The van der Waals surface area contributed by atoms with Crippen LogP contribution in [0.5, 0.6) is 0 Å². The van der Waals surface area contributed by atoms with Crippen molar-refractivity contribution in [3.8, 4) is 5.69 Å². The number of nitrogens with zero attached hydrogens (tertiary/aromatic N) is 2. The second kappa shape index (κ2) is 6.01. The topological polar surface area (TPSA) is 46.9 Å². The first-order chi connectivity index (χ1) is 10.3. The monoisotopic (exact) mass is 297 g/mol. The molecule has 0 unspecified atom stereocenters. The third-order valence-corrected chi connectivity index (χ3v) is 4.09. The van der Waals surface area contributed by atoms with E-state index >= 15 is 0 Å². The van der Waals surface area contributed by atoms with E-state index in [0.717, 1.165) is 21.9 Å². The average Bonchev–Trinajstić information content (AvgIpc) is 2.91. The van der Waals surface area contributed by atoms with E-state index < -0.39 is 0 Å². The predicted octanol–water partition coefficient (Wildman–Crippen LogP) is 2.86. The Morgan fingerprint density at radius 1 is 1.14 bits per heavy atom. The molecule has 1 heterocycles. The first-order valence-electron chi connectivity index (χ1n) is 6.66. The van der Waals surface area contributed by atoms with Crippen LogP contribution in [-0.4, -0.2) is 28.3 Å². The van der Waals surface area contributed by atoms with Crippen LogP contribution in [0.2, 0.25) is 0 Å². The van der Waals surface area contributed by atoms with Crippen molar-refractivity contribution in [3.63, 3.8) is 0 Å². The van der Waals surface area contributed by atoms with Gasteiger partial charge in [0.25, 0.3) is 0 Å². The van der Waals surface area contributed by atoms with Gasteiger partial charge in [-0.3, -0.25) is 9.36 Å². The van der Waals surface area contributed by atoms with E-state index in [1.165, 1.54) is 11.8 Å². The highest BCUT2D eigenvalue weighted by Gasteiger charge is 2.13. The average molecular weight is 297 g/mol. The first-order valence-corrected chi connectivity index (χ1v) is 7.64. The minimum absolute atomic E-state index is 0.00771. The molecule has 0 spiro atoms. The fourth-order valence-corrected chi connectivity index (χ4v) is 3.03. The molecule has 2 aromatic carbocycles. The van der Waals surface area contributed by atoms with Crippen molar-refractivity contribution in [2.24, 2.45) is 0 Å². The number of hydrogen-bond donors (Lipinski definition) is 1. The lowest BCUT2D eigenvalue weighted by Gasteiger charge is -2.08. The Morgan fingerprint density at radius 2 is 1.86 bits per heavy atom. The van der Waals surface area contributed by atoms with Gasteiger partial charge in [-0.05, 0) is 24.3 Å². The van der Waals surface area contributed by atoms with E-state index in [1.54, 1.807) is 7.05 Å². The maximum absolute atomic E-state index is 11.5. The second-order valence-corrected chi connectivity index (χ2v) is 5.46. The summed E-state index contributed by atoms with van der Waals surface area (Å²) in [4.78, 5) is 16.1. The molecule has 0 aliphatic carbocycles. The largest absolute Gasteiger partial charge is 0.358 e. The third kappa shape index (κ3) is 2.78. The highest BCUT2D eigenvalue weighted by molar-refractivity contribution is 7.99. The van der Waals surface area contributed by atoms with Crippen LogP contribution in [0.25, 0.3) is 16.7 Å².